The molecular weight excluding hydrogens is 176 g/mol. The Balaban J connectivity index is 2.57. The smallest absolute Gasteiger partial charge is 0.122 e. The molecule has 1 aromatic carbocycles. The lowest BCUT2D eigenvalue weighted by Crippen LogP contribution is -2.29. The van der Waals surface area contributed by atoms with Gasteiger partial charge in [0.25, 0.3) is 0 Å². The van der Waals surface area contributed by atoms with Crippen LogP contribution in [0.15, 0.2) is 12.1 Å². The van der Waals surface area contributed by atoms with Crippen molar-refractivity contribution < 1.29 is 4.74 Å². The summed E-state index contributed by atoms with van der Waals surface area (Å²) in [6.07, 6.45) is 0.994. The first kappa shape index (κ1) is 9.34. The maximum Gasteiger partial charge on any atom is 0.122 e. The molecule has 0 amide bonds. The second-order valence-electron chi connectivity index (χ2n) is 3.68. The molecule has 0 bridgehead atoms. The van der Waals surface area contributed by atoms with Crippen molar-refractivity contribution in [3.8, 4) is 5.75 Å². The van der Waals surface area contributed by atoms with Gasteiger partial charge in [0, 0.05) is 17.3 Å². The third kappa shape index (κ3) is 1.34. The Morgan fingerprint density at radius 2 is 2.29 bits per heavy atom. The first-order valence-electron chi connectivity index (χ1n) is 4.92. The van der Waals surface area contributed by atoms with Crippen LogP contribution in [0.5, 0.6) is 5.75 Å². The minimum Gasteiger partial charge on any atom is -0.496 e. The van der Waals surface area contributed by atoms with Gasteiger partial charge >= 0.3 is 0 Å². The first-order chi connectivity index (χ1) is 6.74. The quantitative estimate of drug-likeness (QED) is 0.663. The van der Waals surface area contributed by atoms with E-state index in [0.29, 0.717) is 6.04 Å². The van der Waals surface area contributed by atoms with Gasteiger partial charge in [0.05, 0.1) is 7.11 Å². The number of hydrogen-bond acceptors (Lipinski definition) is 3. The molecule has 0 spiro atoms. The van der Waals surface area contributed by atoms with E-state index < -0.39 is 0 Å². The van der Waals surface area contributed by atoms with Crippen LogP contribution in [0.2, 0.25) is 0 Å². The van der Waals surface area contributed by atoms with Gasteiger partial charge in [-0.05, 0) is 37.6 Å². The predicted octanol–water partition coefficient (Wildman–Crippen LogP) is 1.48. The summed E-state index contributed by atoms with van der Waals surface area (Å²) < 4.78 is 5.33. The summed E-state index contributed by atoms with van der Waals surface area (Å²) in [6.45, 7) is 3.13. The van der Waals surface area contributed by atoms with Crippen molar-refractivity contribution in [3.05, 3.63) is 23.3 Å². The molecule has 0 aliphatic carbocycles. The molecule has 0 aromatic heterocycles. The van der Waals surface area contributed by atoms with E-state index in [1.165, 1.54) is 11.1 Å². The van der Waals surface area contributed by atoms with Crippen molar-refractivity contribution in [2.75, 3.05) is 19.4 Å². The van der Waals surface area contributed by atoms with Gasteiger partial charge in [-0.15, -0.1) is 0 Å². The highest BCUT2D eigenvalue weighted by Crippen LogP contribution is 2.34. The summed E-state index contributed by atoms with van der Waals surface area (Å²) in [7, 11) is 1.71. The van der Waals surface area contributed by atoms with Crippen LogP contribution >= 0.6 is 0 Å². The zero-order valence-electron chi connectivity index (χ0n) is 8.63. The molecule has 1 aliphatic heterocycles. The number of anilines is 1. The van der Waals surface area contributed by atoms with Crippen molar-refractivity contribution in [2.45, 2.75) is 19.4 Å². The molecule has 1 atom stereocenters. The molecule has 1 aromatic rings. The Kier molecular flexibility index (Phi) is 2.33. The van der Waals surface area contributed by atoms with Crippen LogP contribution in [0.3, 0.4) is 0 Å². The molecular formula is C11H16N2O. The Bertz CT molecular complexity index is 349. The van der Waals surface area contributed by atoms with Crippen LogP contribution in [-0.2, 0) is 6.42 Å². The Hall–Kier alpha value is -1.22. The van der Waals surface area contributed by atoms with Gasteiger partial charge < -0.3 is 15.8 Å². The maximum atomic E-state index is 5.96. The van der Waals surface area contributed by atoms with Crippen molar-refractivity contribution in [1.82, 2.24) is 5.32 Å². The van der Waals surface area contributed by atoms with Crippen LogP contribution in [0.4, 0.5) is 5.69 Å². The average molecular weight is 192 g/mol. The predicted molar refractivity (Wildman–Crippen MR) is 57.5 cm³/mol. The lowest BCUT2D eigenvalue weighted by molar-refractivity contribution is 0.403. The summed E-state index contributed by atoms with van der Waals surface area (Å²) in [5, 5.41) is 3.39. The summed E-state index contributed by atoms with van der Waals surface area (Å²) in [5.41, 5.74) is 9.29. The topological polar surface area (TPSA) is 47.3 Å². The van der Waals surface area contributed by atoms with Crippen LogP contribution < -0.4 is 15.8 Å². The van der Waals surface area contributed by atoms with Crippen LogP contribution in [-0.4, -0.2) is 13.7 Å². The molecule has 14 heavy (non-hydrogen) atoms. The summed E-state index contributed by atoms with van der Waals surface area (Å²) in [6, 6.07) is 4.20. The number of benzene rings is 1. The van der Waals surface area contributed by atoms with Crippen molar-refractivity contribution in [1.29, 1.82) is 0 Å². The second-order valence-corrected chi connectivity index (χ2v) is 3.68. The monoisotopic (exact) mass is 192 g/mol. The number of nitrogens with two attached hydrogens (primary N) is 1. The summed E-state index contributed by atoms with van der Waals surface area (Å²) in [5.74, 6) is 0.961. The highest BCUT2D eigenvalue weighted by molar-refractivity contribution is 5.58. The summed E-state index contributed by atoms with van der Waals surface area (Å²) >= 11 is 0. The molecule has 3 nitrogen and oxygen atoms in total. The fourth-order valence-electron chi connectivity index (χ4n) is 2.14. The number of nitrogen functional groups attached to an aromatic ring is 1. The minimum atomic E-state index is 0.328. The third-order valence-electron chi connectivity index (χ3n) is 2.83. The molecule has 0 saturated heterocycles. The van der Waals surface area contributed by atoms with E-state index in [4.69, 9.17) is 10.5 Å². The van der Waals surface area contributed by atoms with Gasteiger partial charge in [0.2, 0.25) is 0 Å². The average Bonchev–Trinajstić information content (AvgIpc) is 2.18. The minimum absolute atomic E-state index is 0.328. The molecule has 1 heterocycles. The molecule has 1 unspecified atom stereocenters. The Morgan fingerprint density at radius 1 is 1.50 bits per heavy atom. The Labute approximate surface area is 84.3 Å². The number of fused-ring (bicyclic) bond motifs is 1. The van der Waals surface area contributed by atoms with Crippen LogP contribution in [0.1, 0.15) is 24.1 Å². The van der Waals surface area contributed by atoms with E-state index in [0.717, 1.165) is 24.4 Å². The van der Waals surface area contributed by atoms with E-state index in [2.05, 4.69) is 12.2 Å². The van der Waals surface area contributed by atoms with Crippen molar-refractivity contribution >= 4 is 5.69 Å². The number of rotatable bonds is 1. The molecule has 3 N–H and O–H groups in total. The number of nitrogens with one attached hydrogen (secondary N) is 1. The van der Waals surface area contributed by atoms with Crippen molar-refractivity contribution in [2.24, 2.45) is 0 Å². The highest BCUT2D eigenvalue weighted by Gasteiger charge is 2.21. The fourth-order valence-corrected chi connectivity index (χ4v) is 2.14. The van der Waals surface area contributed by atoms with E-state index in [9.17, 15) is 0 Å². The van der Waals surface area contributed by atoms with Gasteiger partial charge in [-0.1, -0.05) is 0 Å². The molecule has 0 radical (unpaired) electrons. The lowest BCUT2D eigenvalue weighted by atomic mass is 9.93. The molecule has 2 rings (SSSR count). The SMILES string of the molecule is COc1ccc(N)c2c1CCNC2C. The molecule has 0 saturated carbocycles. The van der Waals surface area contributed by atoms with Gasteiger partial charge in [-0.2, -0.15) is 0 Å². The second kappa shape index (κ2) is 3.50. The zero-order chi connectivity index (χ0) is 10.1. The van der Waals surface area contributed by atoms with E-state index >= 15 is 0 Å². The lowest BCUT2D eigenvalue weighted by Gasteiger charge is -2.26. The summed E-state index contributed by atoms with van der Waals surface area (Å²) in [4.78, 5) is 0. The van der Waals surface area contributed by atoms with E-state index in [1.54, 1.807) is 7.11 Å². The molecule has 1 aliphatic rings. The highest BCUT2D eigenvalue weighted by atomic mass is 16.5. The first-order valence-corrected chi connectivity index (χ1v) is 4.92. The van der Waals surface area contributed by atoms with E-state index in [-0.39, 0.29) is 0 Å². The van der Waals surface area contributed by atoms with Gasteiger partial charge in [0.1, 0.15) is 5.75 Å². The Morgan fingerprint density at radius 3 is 3.00 bits per heavy atom. The molecule has 76 valence electrons. The van der Waals surface area contributed by atoms with Gasteiger partial charge in [-0.3, -0.25) is 0 Å². The number of hydrogen-bond donors (Lipinski definition) is 2. The van der Waals surface area contributed by atoms with Crippen molar-refractivity contribution in [3.63, 3.8) is 0 Å². The van der Waals surface area contributed by atoms with Crippen LogP contribution in [0, 0.1) is 0 Å². The molecule has 0 fully saturated rings. The maximum absolute atomic E-state index is 5.96. The van der Waals surface area contributed by atoms with E-state index in [1.807, 2.05) is 12.1 Å². The zero-order valence-corrected chi connectivity index (χ0v) is 8.63. The third-order valence-corrected chi connectivity index (χ3v) is 2.83. The number of methoxy groups -OCH3 is 1. The largest absolute Gasteiger partial charge is 0.496 e. The normalized spacial score (nSPS) is 20.3. The van der Waals surface area contributed by atoms with Gasteiger partial charge in [-0.25, -0.2) is 0 Å². The van der Waals surface area contributed by atoms with Crippen LogP contribution in [0.25, 0.3) is 0 Å². The standard InChI is InChI=1S/C11H16N2O/c1-7-11-8(5-6-13-7)10(14-2)4-3-9(11)12/h3-4,7,13H,5-6,12H2,1-2H3. The van der Waals surface area contributed by atoms with Gasteiger partial charge in [0.15, 0.2) is 0 Å². The number of ether oxygens (including phenoxy) is 1. The fraction of sp³-hybridized carbons (Fsp3) is 0.455. The molecule has 3 heteroatoms.